The number of carbonyl (C=O) groups is 2. The van der Waals surface area contributed by atoms with Gasteiger partial charge in [-0.2, -0.15) is 0 Å². The van der Waals surface area contributed by atoms with E-state index < -0.39 is 5.97 Å². The quantitative estimate of drug-likeness (QED) is 0.730. The van der Waals surface area contributed by atoms with E-state index in [1.807, 2.05) is 18.2 Å². The molecule has 0 radical (unpaired) electrons. The first kappa shape index (κ1) is 19.3. The molecule has 1 amide bonds. The van der Waals surface area contributed by atoms with Crippen molar-refractivity contribution in [3.05, 3.63) is 41.5 Å². The third-order valence-corrected chi connectivity index (χ3v) is 4.28. The van der Waals surface area contributed by atoms with E-state index in [1.165, 1.54) is 33.5 Å². The van der Waals surface area contributed by atoms with Crippen LogP contribution in [0.3, 0.4) is 0 Å². The lowest BCUT2D eigenvalue weighted by Crippen LogP contribution is -2.16. The fourth-order valence-corrected chi connectivity index (χ4v) is 2.83. The molecule has 0 aromatic heterocycles. The number of carbonyl (C=O) groups excluding carboxylic acids is 2. The normalized spacial score (nSPS) is 11.7. The molecular formula is C20H21NO7. The average molecular weight is 387 g/mol. The molecule has 1 N–H and O–H groups in total. The summed E-state index contributed by atoms with van der Waals surface area (Å²) in [4.78, 5) is 24.5. The van der Waals surface area contributed by atoms with E-state index in [-0.39, 0.29) is 24.7 Å². The summed E-state index contributed by atoms with van der Waals surface area (Å²) in [7, 11) is 4.20. The number of benzene rings is 2. The Labute approximate surface area is 162 Å². The first-order chi connectivity index (χ1) is 13.5. The highest BCUT2D eigenvalue weighted by molar-refractivity contribution is 6.02. The predicted molar refractivity (Wildman–Crippen MR) is 100 cm³/mol. The lowest BCUT2D eigenvalue weighted by Gasteiger charge is -2.14. The van der Waals surface area contributed by atoms with Gasteiger partial charge in [-0.25, -0.2) is 4.79 Å². The summed E-state index contributed by atoms with van der Waals surface area (Å²) >= 11 is 0. The van der Waals surface area contributed by atoms with Crippen LogP contribution in [0.1, 0.15) is 22.3 Å². The molecule has 0 atom stereocenters. The number of hydrogen-bond acceptors (Lipinski definition) is 7. The van der Waals surface area contributed by atoms with Gasteiger partial charge >= 0.3 is 5.97 Å². The number of esters is 1. The molecule has 0 saturated carbocycles. The second-order valence-corrected chi connectivity index (χ2v) is 5.98. The monoisotopic (exact) mass is 387 g/mol. The minimum Gasteiger partial charge on any atom is -0.493 e. The Bertz CT molecular complexity index is 894. The summed E-state index contributed by atoms with van der Waals surface area (Å²) in [5.74, 6) is 1.27. The van der Waals surface area contributed by atoms with Gasteiger partial charge in [0.25, 0.3) is 0 Å². The van der Waals surface area contributed by atoms with Crippen LogP contribution in [0.15, 0.2) is 30.3 Å². The first-order valence-electron chi connectivity index (χ1n) is 8.58. The van der Waals surface area contributed by atoms with Gasteiger partial charge in [0.15, 0.2) is 23.0 Å². The van der Waals surface area contributed by atoms with Crippen molar-refractivity contribution in [2.75, 3.05) is 33.4 Å². The highest BCUT2D eigenvalue weighted by atomic mass is 16.7. The summed E-state index contributed by atoms with van der Waals surface area (Å²) in [6, 6.07) is 8.56. The van der Waals surface area contributed by atoms with Crippen LogP contribution in [0.25, 0.3) is 0 Å². The van der Waals surface area contributed by atoms with Gasteiger partial charge in [0, 0.05) is 18.6 Å². The Hall–Kier alpha value is -3.42. The molecule has 1 aliphatic rings. The largest absolute Gasteiger partial charge is 0.493 e. The standard InChI is InChI=1S/C20H21NO7/c1-24-16-9-13(20(23)26-3)14(10-17(16)25-2)21-19(22)7-5-12-4-6-15-18(8-12)28-11-27-15/h4,6,8-10H,5,7,11H2,1-3H3,(H,21,22). The van der Waals surface area contributed by atoms with Crippen LogP contribution < -0.4 is 24.3 Å². The second kappa shape index (κ2) is 8.51. The average Bonchev–Trinajstić information content (AvgIpc) is 3.19. The van der Waals surface area contributed by atoms with E-state index in [0.29, 0.717) is 35.1 Å². The van der Waals surface area contributed by atoms with Crippen LogP contribution in [-0.4, -0.2) is 40.0 Å². The molecular weight excluding hydrogens is 366 g/mol. The van der Waals surface area contributed by atoms with Gasteiger partial charge in [-0.3, -0.25) is 4.79 Å². The third-order valence-electron chi connectivity index (χ3n) is 4.28. The molecule has 1 heterocycles. The molecule has 0 bridgehead atoms. The van der Waals surface area contributed by atoms with Crippen molar-refractivity contribution in [2.45, 2.75) is 12.8 Å². The minimum atomic E-state index is -0.591. The highest BCUT2D eigenvalue weighted by Gasteiger charge is 2.19. The zero-order valence-corrected chi connectivity index (χ0v) is 15.9. The molecule has 0 aliphatic carbocycles. The molecule has 2 aromatic rings. The van der Waals surface area contributed by atoms with E-state index >= 15 is 0 Å². The smallest absolute Gasteiger partial charge is 0.340 e. The molecule has 2 aromatic carbocycles. The maximum Gasteiger partial charge on any atom is 0.340 e. The predicted octanol–water partition coefficient (Wildman–Crippen LogP) is 2.79. The fourth-order valence-electron chi connectivity index (χ4n) is 2.83. The molecule has 0 fully saturated rings. The van der Waals surface area contributed by atoms with Gasteiger partial charge in [-0.1, -0.05) is 6.07 Å². The van der Waals surface area contributed by atoms with Gasteiger partial charge < -0.3 is 29.0 Å². The Balaban J connectivity index is 1.72. The molecule has 148 valence electrons. The van der Waals surface area contributed by atoms with Crippen molar-refractivity contribution < 1.29 is 33.3 Å². The number of rotatable bonds is 7. The van der Waals surface area contributed by atoms with E-state index in [4.69, 9.17) is 23.7 Å². The molecule has 1 aliphatic heterocycles. The molecule has 28 heavy (non-hydrogen) atoms. The van der Waals surface area contributed by atoms with Crippen LogP contribution in [0, 0.1) is 0 Å². The SMILES string of the molecule is COC(=O)c1cc(OC)c(OC)cc1NC(=O)CCc1ccc2c(c1)OCO2. The Kier molecular flexibility index (Phi) is 5.88. The molecule has 8 heteroatoms. The van der Waals surface area contributed by atoms with Gasteiger partial charge in [0.2, 0.25) is 12.7 Å². The van der Waals surface area contributed by atoms with Gasteiger partial charge in [-0.15, -0.1) is 0 Å². The number of fused-ring (bicyclic) bond motifs is 1. The summed E-state index contributed by atoms with van der Waals surface area (Å²) < 4.78 is 25.9. The maximum atomic E-state index is 12.4. The van der Waals surface area contributed by atoms with Crippen LogP contribution in [0.5, 0.6) is 23.0 Å². The van der Waals surface area contributed by atoms with Crippen molar-refractivity contribution in [2.24, 2.45) is 0 Å². The minimum absolute atomic E-state index is 0.177. The molecule has 0 spiro atoms. The number of nitrogens with one attached hydrogen (secondary N) is 1. The molecule has 3 rings (SSSR count). The van der Waals surface area contributed by atoms with E-state index in [0.717, 1.165) is 5.56 Å². The van der Waals surface area contributed by atoms with Gasteiger partial charge in [0.1, 0.15) is 0 Å². The van der Waals surface area contributed by atoms with Crippen molar-refractivity contribution >= 4 is 17.6 Å². The lowest BCUT2D eigenvalue weighted by atomic mass is 10.1. The van der Waals surface area contributed by atoms with Gasteiger partial charge in [-0.05, 0) is 24.1 Å². The Morgan fingerprint density at radius 3 is 2.43 bits per heavy atom. The Morgan fingerprint density at radius 1 is 1.00 bits per heavy atom. The number of aryl methyl sites for hydroxylation is 1. The second-order valence-electron chi connectivity index (χ2n) is 5.98. The van der Waals surface area contributed by atoms with Crippen molar-refractivity contribution in [3.8, 4) is 23.0 Å². The summed E-state index contributed by atoms with van der Waals surface area (Å²) in [6.45, 7) is 0.203. The number of ether oxygens (including phenoxy) is 5. The first-order valence-corrected chi connectivity index (χ1v) is 8.58. The summed E-state index contributed by atoms with van der Waals surface area (Å²) in [5.41, 5.74) is 1.41. The van der Waals surface area contributed by atoms with E-state index in [2.05, 4.69) is 5.32 Å². The van der Waals surface area contributed by atoms with Crippen LogP contribution in [0.4, 0.5) is 5.69 Å². The van der Waals surface area contributed by atoms with Crippen molar-refractivity contribution in [1.82, 2.24) is 0 Å². The van der Waals surface area contributed by atoms with Gasteiger partial charge in [0.05, 0.1) is 32.6 Å². The van der Waals surface area contributed by atoms with Crippen molar-refractivity contribution in [1.29, 1.82) is 0 Å². The molecule has 0 unspecified atom stereocenters. The zero-order chi connectivity index (χ0) is 20.1. The van der Waals surface area contributed by atoms with Crippen LogP contribution in [0.2, 0.25) is 0 Å². The van der Waals surface area contributed by atoms with Crippen LogP contribution in [-0.2, 0) is 16.0 Å². The maximum absolute atomic E-state index is 12.4. The van der Waals surface area contributed by atoms with Crippen LogP contribution >= 0.6 is 0 Å². The zero-order valence-electron chi connectivity index (χ0n) is 15.9. The summed E-state index contributed by atoms with van der Waals surface area (Å²) in [5, 5.41) is 2.74. The third kappa shape index (κ3) is 4.11. The number of methoxy groups -OCH3 is 3. The number of amides is 1. The molecule has 8 nitrogen and oxygen atoms in total. The summed E-state index contributed by atoms with van der Waals surface area (Å²) in [6.07, 6.45) is 0.720. The lowest BCUT2D eigenvalue weighted by molar-refractivity contribution is -0.116. The fraction of sp³-hybridized carbons (Fsp3) is 0.300. The topological polar surface area (TPSA) is 92.3 Å². The number of anilines is 1. The number of hydrogen-bond donors (Lipinski definition) is 1. The highest BCUT2D eigenvalue weighted by Crippen LogP contribution is 2.34. The Morgan fingerprint density at radius 2 is 1.71 bits per heavy atom. The molecule has 0 saturated heterocycles. The van der Waals surface area contributed by atoms with E-state index in [1.54, 1.807) is 0 Å². The van der Waals surface area contributed by atoms with Crippen molar-refractivity contribution in [3.63, 3.8) is 0 Å². The van der Waals surface area contributed by atoms with E-state index in [9.17, 15) is 9.59 Å².